The molecule has 3 heteroatoms. The summed E-state index contributed by atoms with van der Waals surface area (Å²) in [4.78, 5) is 11.8. The van der Waals surface area contributed by atoms with E-state index in [9.17, 15) is 4.79 Å². The number of benzene rings is 2. The van der Waals surface area contributed by atoms with Crippen LogP contribution in [0.4, 0.5) is 0 Å². The molecule has 0 aliphatic rings. The quantitative estimate of drug-likeness (QED) is 0.778. The van der Waals surface area contributed by atoms with E-state index in [0.29, 0.717) is 19.4 Å². The van der Waals surface area contributed by atoms with Crippen molar-refractivity contribution in [1.82, 2.24) is 5.32 Å². The molecule has 0 radical (unpaired) electrons. The Morgan fingerprint density at radius 3 is 2.57 bits per heavy atom. The first-order valence-electron chi connectivity index (χ1n) is 7.09. The highest BCUT2D eigenvalue weighted by Crippen LogP contribution is 2.18. The van der Waals surface area contributed by atoms with Crippen LogP contribution in [0.5, 0.6) is 0 Å². The van der Waals surface area contributed by atoms with Gasteiger partial charge in [0.2, 0.25) is 5.91 Å². The Hall–Kier alpha value is -2.55. The summed E-state index contributed by atoms with van der Waals surface area (Å²) >= 11 is 0. The number of rotatable bonds is 5. The van der Waals surface area contributed by atoms with Crippen molar-refractivity contribution < 1.29 is 9.21 Å². The van der Waals surface area contributed by atoms with E-state index in [1.165, 1.54) is 0 Å². The summed E-state index contributed by atoms with van der Waals surface area (Å²) in [5, 5.41) is 4.03. The van der Waals surface area contributed by atoms with Crippen LogP contribution >= 0.6 is 0 Å². The molecule has 3 nitrogen and oxygen atoms in total. The van der Waals surface area contributed by atoms with Gasteiger partial charge in [0.05, 0.1) is 6.42 Å². The fraction of sp³-hybridized carbons (Fsp3) is 0.167. The molecule has 1 aromatic heterocycles. The minimum atomic E-state index is 0.0392. The van der Waals surface area contributed by atoms with E-state index in [-0.39, 0.29) is 5.91 Å². The first-order chi connectivity index (χ1) is 10.3. The number of para-hydroxylation sites is 1. The topological polar surface area (TPSA) is 42.2 Å². The summed E-state index contributed by atoms with van der Waals surface area (Å²) in [6, 6.07) is 19.7. The van der Waals surface area contributed by atoms with Gasteiger partial charge >= 0.3 is 0 Å². The molecule has 3 aromatic rings. The molecule has 0 saturated heterocycles. The van der Waals surface area contributed by atoms with Gasteiger partial charge in [-0.2, -0.15) is 0 Å². The highest BCUT2D eigenvalue weighted by molar-refractivity contribution is 5.79. The van der Waals surface area contributed by atoms with Gasteiger partial charge in [-0.25, -0.2) is 0 Å². The van der Waals surface area contributed by atoms with Crippen molar-refractivity contribution in [2.45, 2.75) is 12.8 Å². The van der Waals surface area contributed by atoms with Crippen molar-refractivity contribution in [2.24, 2.45) is 0 Å². The number of hydrogen-bond donors (Lipinski definition) is 1. The molecule has 0 aliphatic carbocycles. The molecule has 0 unspecified atom stereocenters. The van der Waals surface area contributed by atoms with Crippen LogP contribution in [0.2, 0.25) is 0 Å². The summed E-state index contributed by atoms with van der Waals surface area (Å²) in [6.45, 7) is 0.589. The first-order valence-corrected chi connectivity index (χ1v) is 7.09. The molecule has 1 heterocycles. The van der Waals surface area contributed by atoms with Gasteiger partial charge in [0.15, 0.2) is 0 Å². The van der Waals surface area contributed by atoms with Gasteiger partial charge in [-0.1, -0.05) is 48.5 Å². The van der Waals surface area contributed by atoms with E-state index in [1.54, 1.807) is 0 Å². The van der Waals surface area contributed by atoms with Crippen molar-refractivity contribution in [3.63, 3.8) is 0 Å². The number of hydrogen-bond acceptors (Lipinski definition) is 2. The lowest BCUT2D eigenvalue weighted by atomic mass is 10.1. The normalized spacial score (nSPS) is 10.7. The number of amides is 1. The third kappa shape index (κ3) is 3.51. The van der Waals surface area contributed by atoms with Crippen molar-refractivity contribution >= 4 is 16.9 Å². The predicted molar refractivity (Wildman–Crippen MR) is 83.1 cm³/mol. The summed E-state index contributed by atoms with van der Waals surface area (Å²) in [5.74, 6) is 0.938. The van der Waals surface area contributed by atoms with Crippen molar-refractivity contribution in [3.05, 3.63) is 72.0 Å². The largest absolute Gasteiger partial charge is 0.461 e. The van der Waals surface area contributed by atoms with Crippen LogP contribution in [0, 0.1) is 0 Å². The average molecular weight is 279 g/mol. The molecule has 1 N–H and O–H groups in total. The Morgan fingerprint density at radius 1 is 1.00 bits per heavy atom. The van der Waals surface area contributed by atoms with Crippen LogP contribution in [-0.2, 0) is 17.6 Å². The lowest BCUT2D eigenvalue weighted by Crippen LogP contribution is -2.27. The summed E-state index contributed by atoms with van der Waals surface area (Å²) < 4.78 is 5.72. The maximum atomic E-state index is 11.8. The smallest absolute Gasteiger partial charge is 0.224 e. The molecular weight excluding hydrogens is 262 g/mol. The zero-order valence-corrected chi connectivity index (χ0v) is 11.7. The van der Waals surface area contributed by atoms with Crippen molar-refractivity contribution in [3.8, 4) is 0 Å². The van der Waals surface area contributed by atoms with E-state index >= 15 is 0 Å². The van der Waals surface area contributed by atoms with Gasteiger partial charge < -0.3 is 9.73 Å². The van der Waals surface area contributed by atoms with Crippen LogP contribution in [0.1, 0.15) is 11.3 Å². The summed E-state index contributed by atoms with van der Waals surface area (Å²) in [5.41, 5.74) is 1.92. The van der Waals surface area contributed by atoms with Gasteiger partial charge in [-0.15, -0.1) is 0 Å². The lowest BCUT2D eigenvalue weighted by Gasteiger charge is -2.04. The van der Waals surface area contributed by atoms with Crippen molar-refractivity contribution in [2.75, 3.05) is 6.54 Å². The Balaban J connectivity index is 1.50. The Morgan fingerprint density at radius 2 is 1.76 bits per heavy atom. The molecule has 1 amide bonds. The highest BCUT2D eigenvalue weighted by Gasteiger charge is 2.05. The molecule has 0 saturated carbocycles. The molecule has 106 valence electrons. The Kier molecular flexibility index (Phi) is 4.01. The zero-order valence-electron chi connectivity index (χ0n) is 11.7. The minimum absolute atomic E-state index is 0.0392. The van der Waals surface area contributed by atoms with Crippen molar-refractivity contribution in [1.29, 1.82) is 0 Å². The number of fused-ring (bicyclic) bond motifs is 1. The molecule has 0 aliphatic heterocycles. The first kappa shape index (κ1) is 13.4. The number of furan rings is 1. The van der Waals surface area contributed by atoms with Gasteiger partial charge in [0.25, 0.3) is 0 Å². The maximum absolute atomic E-state index is 11.8. The molecular formula is C18H17NO2. The van der Waals surface area contributed by atoms with E-state index in [1.807, 2.05) is 60.7 Å². The number of carbonyl (C=O) groups excluding carboxylic acids is 1. The van der Waals surface area contributed by atoms with E-state index in [4.69, 9.17) is 4.42 Å². The van der Waals surface area contributed by atoms with Crippen LogP contribution in [0.3, 0.4) is 0 Å². The van der Waals surface area contributed by atoms with E-state index in [0.717, 1.165) is 22.3 Å². The third-order valence-electron chi connectivity index (χ3n) is 3.38. The minimum Gasteiger partial charge on any atom is -0.461 e. The van der Waals surface area contributed by atoms with Crippen LogP contribution < -0.4 is 5.32 Å². The Bertz CT molecular complexity index is 698. The zero-order chi connectivity index (χ0) is 14.5. The van der Waals surface area contributed by atoms with E-state index < -0.39 is 0 Å². The summed E-state index contributed by atoms with van der Waals surface area (Å²) in [6.07, 6.45) is 1.12. The van der Waals surface area contributed by atoms with Gasteiger partial charge in [-0.3, -0.25) is 4.79 Å². The fourth-order valence-electron chi connectivity index (χ4n) is 2.33. The predicted octanol–water partition coefficient (Wildman–Crippen LogP) is 3.33. The molecule has 0 fully saturated rings. The SMILES string of the molecule is O=C(Cc1ccccc1)NCCc1cc2ccccc2o1. The van der Waals surface area contributed by atoms with Crippen LogP contribution in [0.25, 0.3) is 11.0 Å². The maximum Gasteiger partial charge on any atom is 0.224 e. The number of carbonyl (C=O) groups is 1. The van der Waals surface area contributed by atoms with Gasteiger partial charge in [0, 0.05) is 18.4 Å². The van der Waals surface area contributed by atoms with Crippen LogP contribution in [0.15, 0.2) is 65.1 Å². The molecule has 2 aromatic carbocycles. The fourth-order valence-corrected chi connectivity index (χ4v) is 2.33. The standard InChI is InChI=1S/C18H17NO2/c20-18(12-14-6-2-1-3-7-14)19-11-10-16-13-15-8-4-5-9-17(15)21-16/h1-9,13H,10-12H2,(H,19,20). The monoisotopic (exact) mass is 279 g/mol. The molecule has 0 bridgehead atoms. The lowest BCUT2D eigenvalue weighted by molar-refractivity contribution is -0.120. The second-order valence-electron chi connectivity index (χ2n) is 5.01. The molecule has 21 heavy (non-hydrogen) atoms. The Labute approximate surface area is 123 Å². The second-order valence-corrected chi connectivity index (χ2v) is 5.01. The summed E-state index contributed by atoms with van der Waals surface area (Å²) in [7, 11) is 0. The van der Waals surface area contributed by atoms with Crippen LogP contribution in [-0.4, -0.2) is 12.5 Å². The van der Waals surface area contributed by atoms with Gasteiger partial charge in [0.1, 0.15) is 11.3 Å². The highest BCUT2D eigenvalue weighted by atomic mass is 16.3. The molecule has 0 atom stereocenters. The molecule has 0 spiro atoms. The second kappa shape index (κ2) is 6.27. The number of nitrogens with one attached hydrogen (secondary N) is 1. The average Bonchev–Trinajstić information content (AvgIpc) is 2.91. The third-order valence-corrected chi connectivity index (χ3v) is 3.38. The molecule has 3 rings (SSSR count). The van der Waals surface area contributed by atoms with Gasteiger partial charge in [-0.05, 0) is 17.7 Å². The van der Waals surface area contributed by atoms with E-state index in [2.05, 4.69) is 5.32 Å².